The number of nitrogens with zero attached hydrogens (tertiary/aromatic N) is 1. The van der Waals surface area contributed by atoms with Crippen molar-refractivity contribution >= 4 is 10.9 Å². The average Bonchev–Trinajstić information content (AvgIpc) is 2.27. The maximum absolute atomic E-state index is 4.72. The molecule has 0 amide bonds. The van der Waals surface area contributed by atoms with Crippen LogP contribution in [0.25, 0.3) is 10.9 Å². The molecule has 0 saturated heterocycles. The molecule has 1 nitrogen and oxygen atoms in total. The summed E-state index contributed by atoms with van der Waals surface area (Å²) < 4.78 is 0. The Morgan fingerprint density at radius 1 is 0.938 bits per heavy atom. The van der Waals surface area contributed by atoms with Crippen molar-refractivity contribution in [1.82, 2.24) is 4.98 Å². The third-order valence-corrected chi connectivity index (χ3v) is 2.98. The van der Waals surface area contributed by atoms with Gasteiger partial charge in [0.1, 0.15) is 0 Å². The number of rotatable bonds is 2. The van der Waals surface area contributed by atoms with Crippen molar-refractivity contribution in [3.05, 3.63) is 41.6 Å². The summed E-state index contributed by atoms with van der Waals surface area (Å²) in [6, 6.07) is 10.7. The number of para-hydroxylation sites is 1. The molecule has 0 spiro atoms. The molecule has 2 rings (SSSR count). The predicted molar refractivity (Wildman–Crippen MR) is 69.9 cm³/mol. The fourth-order valence-corrected chi connectivity index (χ4v) is 2.00. The van der Waals surface area contributed by atoms with Crippen LogP contribution in [0.3, 0.4) is 0 Å². The monoisotopic (exact) mass is 213 g/mol. The molecule has 0 atom stereocenters. The highest BCUT2D eigenvalue weighted by molar-refractivity contribution is 5.82. The van der Waals surface area contributed by atoms with Gasteiger partial charge >= 0.3 is 0 Å². The van der Waals surface area contributed by atoms with Gasteiger partial charge in [-0.25, -0.2) is 0 Å². The van der Waals surface area contributed by atoms with Crippen LogP contribution in [-0.4, -0.2) is 4.98 Å². The highest BCUT2D eigenvalue weighted by Crippen LogP contribution is 2.27. The van der Waals surface area contributed by atoms with E-state index in [1.165, 1.54) is 16.6 Å². The van der Waals surface area contributed by atoms with Crippen molar-refractivity contribution in [1.29, 1.82) is 0 Å². The summed E-state index contributed by atoms with van der Waals surface area (Å²) in [5.41, 5.74) is 3.73. The molecule has 0 bridgehead atoms. The quantitative estimate of drug-likeness (QED) is 0.716. The topological polar surface area (TPSA) is 12.9 Å². The summed E-state index contributed by atoms with van der Waals surface area (Å²) in [5.74, 6) is 1.03. The van der Waals surface area contributed by atoms with Gasteiger partial charge in [-0.2, -0.15) is 0 Å². The van der Waals surface area contributed by atoms with E-state index in [-0.39, 0.29) is 0 Å². The second kappa shape index (κ2) is 4.25. The molecule has 1 aromatic carbocycles. The Hall–Kier alpha value is -1.37. The van der Waals surface area contributed by atoms with Crippen molar-refractivity contribution in [3.8, 4) is 0 Å². The highest BCUT2D eigenvalue weighted by atomic mass is 14.7. The van der Waals surface area contributed by atoms with Crippen LogP contribution in [0, 0.1) is 0 Å². The SMILES string of the molecule is CC(C)c1cc(C(C)C)c2ccccc2n1. The second-order valence-corrected chi connectivity index (χ2v) is 4.96. The molecule has 0 aliphatic heterocycles. The van der Waals surface area contributed by atoms with E-state index in [1.54, 1.807) is 0 Å². The first kappa shape index (κ1) is 11.1. The number of fused-ring (bicyclic) bond motifs is 1. The van der Waals surface area contributed by atoms with E-state index in [1.807, 2.05) is 0 Å². The first-order valence-electron chi connectivity index (χ1n) is 5.99. The van der Waals surface area contributed by atoms with E-state index >= 15 is 0 Å². The van der Waals surface area contributed by atoms with Gasteiger partial charge in [-0.15, -0.1) is 0 Å². The molecule has 1 heteroatoms. The number of hydrogen-bond acceptors (Lipinski definition) is 1. The summed E-state index contributed by atoms with van der Waals surface area (Å²) in [5, 5.41) is 1.29. The molecule has 1 aromatic heterocycles. The summed E-state index contributed by atoms with van der Waals surface area (Å²) in [6.45, 7) is 8.88. The van der Waals surface area contributed by atoms with Crippen LogP contribution < -0.4 is 0 Å². The lowest BCUT2D eigenvalue weighted by atomic mass is 9.95. The third kappa shape index (κ3) is 1.95. The molecule has 0 aliphatic carbocycles. The maximum atomic E-state index is 4.72. The minimum atomic E-state index is 0.488. The van der Waals surface area contributed by atoms with Gasteiger partial charge in [0, 0.05) is 11.1 Å². The zero-order chi connectivity index (χ0) is 11.7. The highest BCUT2D eigenvalue weighted by Gasteiger charge is 2.10. The molecule has 2 aromatic rings. The van der Waals surface area contributed by atoms with E-state index in [0.29, 0.717) is 11.8 Å². The number of aromatic nitrogens is 1. The predicted octanol–water partition coefficient (Wildman–Crippen LogP) is 4.48. The van der Waals surface area contributed by atoms with Crippen molar-refractivity contribution < 1.29 is 0 Å². The molecule has 0 unspecified atom stereocenters. The lowest BCUT2D eigenvalue weighted by molar-refractivity contribution is 0.811. The maximum Gasteiger partial charge on any atom is 0.0708 e. The molecule has 0 N–H and O–H groups in total. The van der Waals surface area contributed by atoms with Gasteiger partial charge < -0.3 is 0 Å². The molecule has 16 heavy (non-hydrogen) atoms. The molecule has 0 aliphatic rings. The Kier molecular flexibility index (Phi) is 2.95. The fraction of sp³-hybridized carbons (Fsp3) is 0.400. The van der Waals surface area contributed by atoms with Crippen LogP contribution in [0.1, 0.15) is 50.8 Å². The van der Waals surface area contributed by atoms with Gasteiger partial charge in [0.2, 0.25) is 0 Å². The van der Waals surface area contributed by atoms with Gasteiger partial charge in [0.15, 0.2) is 0 Å². The van der Waals surface area contributed by atoms with Gasteiger partial charge in [0.25, 0.3) is 0 Å². The second-order valence-electron chi connectivity index (χ2n) is 4.96. The van der Waals surface area contributed by atoms with Crippen LogP contribution in [0.5, 0.6) is 0 Å². The average molecular weight is 213 g/mol. The standard InChI is InChI=1S/C15H19N/c1-10(2)13-9-15(11(3)4)16-14-8-6-5-7-12(13)14/h5-11H,1-4H3. The first-order chi connectivity index (χ1) is 7.59. The largest absolute Gasteiger partial charge is 0.253 e. The zero-order valence-corrected chi connectivity index (χ0v) is 10.5. The first-order valence-corrected chi connectivity index (χ1v) is 5.99. The lowest BCUT2D eigenvalue weighted by Crippen LogP contribution is -1.98. The fourth-order valence-electron chi connectivity index (χ4n) is 2.00. The Labute approximate surface area is 97.5 Å². The molecule has 0 fully saturated rings. The molecular weight excluding hydrogens is 194 g/mol. The smallest absolute Gasteiger partial charge is 0.0708 e. The van der Waals surface area contributed by atoms with Gasteiger partial charge in [-0.1, -0.05) is 45.9 Å². The van der Waals surface area contributed by atoms with E-state index in [9.17, 15) is 0 Å². The van der Waals surface area contributed by atoms with Gasteiger partial charge in [-0.05, 0) is 29.5 Å². The van der Waals surface area contributed by atoms with Gasteiger partial charge in [0.05, 0.1) is 5.52 Å². The van der Waals surface area contributed by atoms with Crippen LogP contribution in [0.15, 0.2) is 30.3 Å². The molecule has 1 heterocycles. The van der Waals surface area contributed by atoms with E-state index in [4.69, 9.17) is 4.98 Å². The summed E-state index contributed by atoms with van der Waals surface area (Å²) >= 11 is 0. The molecular formula is C15H19N. The van der Waals surface area contributed by atoms with Crippen molar-refractivity contribution in [3.63, 3.8) is 0 Å². The minimum Gasteiger partial charge on any atom is -0.253 e. The number of benzene rings is 1. The summed E-state index contributed by atoms with van der Waals surface area (Å²) in [4.78, 5) is 4.72. The van der Waals surface area contributed by atoms with Crippen molar-refractivity contribution in [2.75, 3.05) is 0 Å². The summed E-state index contributed by atoms with van der Waals surface area (Å²) in [7, 11) is 0. The molecule has 0 saturated carbocycles. The van der Waals surface area contributed by atoms with E-state index < -0.39 is 0 Å². The molecule has 84 valence electrons. The Morgan fingerprint density at radius 2 is 1.62 bits per heavy atom. The van der Waals surface area contributed by atoms with E-state index in [2.05, 4.69) is 58.0 Å². The van der Waals surface area contributed by atoms with Gasteiger partial charge in [-0.3, -0.25) is 4.98 Å². The van der Waals surface area contributed by atoms with Crippen molar-refractivity contribution in [2.45, 2.75) is 39.5 Å². The van der Waals surface area contributed by atoms with E-state index in [0.717, 1.165) is 5.52 Å². The van der Waals surface area contributed by atoms with Crippen molar-refractivity contribution in [2.24, 2.45) is 0 Å². The zero-order valence-electron chi connectivity index (χ0n) is 10.5. The lowest BCUT2D eigenvalue weighted by Gasteiger charge is -2.13. The number of pyridine rings is 1. The van der Waals surface area contributed by atoms with Crippen LogP contribution >= 0.6 is 0 Å². The number of hydrogen-bond donors (Lipinski definition) is 0. The normalized spacial score (nSPS) is 11.6. The Morgan fingerprint density at radius 3 is 2.25 bits per heavy atom. The molecule has 0 radical (unpaired) electrons. The van der Waals surface area contributed by atoms with Crippen LogP contribution in [0.4, 0.5) is 0 Å². The van der Waals surface area contributed by atoms with Crippen LogP contribution in [-0.2, 0) is 0 Å². The Bertz CT molecular complexity index is 498. The van der Waals surface area contributed by atoms with Crippen LogP contribution in [0.2, 0.25) is 0 Å². The summed E-state index contributed by atoms with van der Waals surface area (Å²) in [6.07, 6.45) is 0. The Balaban J connectivity index is 2.74. The third-order valence-electron chi connectivity index (χ3n) is 2.98. The minimum absolute atomic E-state index is 0.488.